The lowest BCUT2D eigenvalue weighted by molar-refractivity contribution is 0.486. The summed E-state index contributed by atoms with van der Waals surface area (Å²) in [6, 6.07) is 11.8. The predicted molar refractivity (Wildman–Crippen MR) is 106 cm³/mol. The fourth-order valence-corrected chi connectivity index (χ4v) is 3.96. The van der Waals surface area contributed by atoms with Crippen LogP contribution in [-0.4, -0.2) is 46.2 Å². The van der Waals surface area contributed by atoms with Crippen molar-refractivity contribution in [1.82, 2.24) is 10.2 Å². The van der Waals surface area contributed by atoms with Gasteiger partial charge in [-0.1, -0.05) is 30.3 Å². The van der Waals surface area contributed by atoms with Crippen LogP contribution in [-0.2, 0) is 28.6 Å². The van der Waals surface area contributed by atoms with E-state index in [-0.39, 0.29) is 5.75 Å². The molecule has 0 aliphatic rings. The van der Waals surface area contributed by atoms with Crippen molar-refractivity contribution in [1.29, 1.82) is 0 Å². The number of sulfone groups is 1. The second-order valence-electron chi connectivity index (χ2n) is 6.04. The number of hydrogen-bond acceptors (Lipinski definition) is 4. The van der Waals surface area contributed by atoms with Gasteiger partial charge >= 0.3 is 0 Å². The molecular weight excluding hydrogens is 354 g/mol. The van der Waals surface area contributed by atoms with E-state index in [1.807, 2.05) is 31.3 Å². The molecule has 0 amide bonds. The van der Waals surface area contributed by atoms with Gasteiger partial charge in [-0.2, -0.15) is 0 Å². The minimum Gasteiger partial charge on any atom is -0.352 e. The van der Waals surface area contributed by atoms with Crippen LogP contribution in [0.25, 0.3) is 0 Å². The van der Waals surface area contributed by atoms with Crippen LogP contribution in [0.3, 0.4) is 0 Å². The molecule has 2 aromatic rings. The molecule has 0 radical (unpaired) electrons. The summed E-state index contributed by atoms with van der Waals surface area (Å²) < 4.78 is 22.7. The summed E-state index contributed by atoms with van der Waals surface area (Å²) >= 11 is 1.77. The van der Waals surface area contributed by atoms with Crippen LogP contribution in [0, 0.1) is 0 Å². The molecule has 7 heteroatoms. The van der Waals surface area contributed by atoms with E-state index in [4.69, 9.17) is 0 Å². The van der Waals surface area contributed by atoms with Crippen molar-refractivity contribution in [3.05, 3.63) is 57.8 Å². The minimum atomic E-state index is -3.00. The Morgan fingerprint density at radius 1 is 1.20 bits per heavy atom. The highest BCUT2D eigenvalue weighted by molar-refractivity contribution is 7.89. The number of hydrogen-bond donors (Lipinski definition) is 1. The molecule has 1 aromatic heterocycles. The average molecular weight is 380 g/mol. The van der Waals surface area contributed by atoms with E-state index in [1.54, 1.807) is 18.4 Å². The predicted octanol–water partition coefficient (Wildman–Crippen LogP) is 2.54. The first-order chi connectivity index (χ1) is 11.9. The molecule has 5 nitrogen and oxygen atoms in total. The van der Waals surface area contributed by atoms with E-state index in [0.717, 1.165) is 30.1 Å². The summed E-state index contributed by atoms with van der Waals surface area (Å²) in [5.41, 5.74) is 1.90. The van der Waals surface area contributed by atoms with Gasteiger partial charge in [-0.05, 0) is 29.0 Å². The Kier molecular flexibility index (Phi) is 7.01. The molecule has 0 aliphatic heterocycles. The number of guanidine groups is 1. The third kappa shape index (κ3) is 6.88. The van der Waals surface area contributed by atoms with Crippen molar-refractivity contribution in [2.75, 3.05) is 26.9 Å². The van der Waals surface area contributed by atoms with Crippen molar-refractivity contribution in [2.24, 2.45) is 4.99 Å². The largest absolute Gasteiger partial charge is 0.352 e. The van der Waals surface area contributed by atoms with Crippen LogP contribution in [0.15, 0.2) is 46.8 Å². The van der Waals surface area contributed by atoms with E-state index in [0.29, 0.717) is 6.54 Å². The van der Waals surface area contributed by atoms with Crippen LogP contribution in [0.2, 0.25) is 0 Å². The summed E-state index contributed by atoms with van der Waals surface area (Å²) in [6.45, 7) is 1.54. The van der Waals surface area contributed by atoms with E-state index >= 15 is 0 Å². The van der Waals surface area contributed by atoms with E-state index in [1.165, 1.54) is 11.1 Å². The zero-order valence-corrected chi connectivity index (χ0v) is 16.5. The Morgan fingerprint density at radius 3 is 2.44 bits per heavy atom. The van der Waals surface area contributed by atoms with Crippen molar-refractivity contribution >= 4 is 27.1 Å². The Morgan fingerprint density at radius 2 is 1.88 bits per heavy atom. The van der Waals surface area contributed by atoms with Gasteiger partial charge < -0.3 is 10.2 Å². The van der Waals surface area contributed by atoms with Gasteiger partial charge in [0.25, 0.3) is 0 Å². The molecule has 0 spiro atoms. The highest BCUT2D eigenvalue weighted by Gasteiger charge is 2.07. The molecule has 25 heavy (non-hydrogen) atoms. The van der Waals surface area contributed by atoms with Crippen molar-refractivity contribution in [3.8, 4) is 0 Å². The van der Waals surface area contributed by atoms with Gasteiger partial charge in [0.1, 0.15) is 0 Å². The molecular formula is C18H25N3O2S2. The molecule has 1 heterocycles. The Labute approximate surface area is 154 Å². The number of aliphatic imine (C=N–C) groups is 1. The molecule has 0 saturated heterocycles. The average Bonchev–Trinajstić information content (AvgIpc) is 3.07. The van der Waals surface area contributed by atoms with Gasteiger partial charge in [0.2, 0.25) is 0 Å². The molecule has 0 saturated carbocycles. The molecule has 0 bridgehead atoms. The molecule has 2 rings (SSSR count). The van der Waals surface area contributed by atoms with Crippen LogP contribution in [0.5, 0.6) is 0 Å². The van der Waals surface area contributed by atoms with Crippen LogP contribution < -0.4 is 5.32 Å². The van der Waals surface area contributed by atoms with Gasteiger partial charge in [0.05, 0.1) is 5.75 Å². The van der Waals surface area contributed by atoms with Crippen LogP contribution >= 0.6 is 11.3 Å². The van der Waals surface area contributed by atoms with Gasteiger partial charge in [-0.15, -0.1) is 11.3 Å². The zero-order chi connectivity index (χ0) is 18.3. The van der Waals surface area contributed by atoms with E-state index in [9.17, 15) is 8.42 Å². The van der Waals surface area contributed by atoms with E-state index < -0.39 is 9.84 Å². The van der Waals surface area contributed by atoms with Crippen molar-refractivity contribution < 1.29 is 8.42 Å². The highest BCUT2D eigenvalue weighted by Crippen LogP contribution is 2.10. The normalized spacial score (nSPS) is 12.2. The zero-order valence-electron chi connectivity index (χ0n) is 14.9. The SMILES string of the molecule is CN=C(NCc1ccc(CS(C)(=O)=O)cc1)N(C)CCc1cccs1. The quantitative estimate of drug-likeness (QED) is 0.593. The van der Waals surface area contributed by atoms with Crippen molar-refractivity contribution in [2.45, 2.75) is 18.7 Å². The molecule has 136 valence electrons. The monoisotopic (exact) mass is 379 g/mol. The van der Waals surface area contributed by atoms with Crippen LogP contribution in [0.1, 0.15) is 16.0 Å². The highest BCUT2D eigenvalue weighted by atomic mass is 32.2. The molecule has 1 N–H and O–H groups in total. The number of benzene rings is 1. The molecule has 0 unspecified atom stereocenters. The Balaban J connectivity index is 1.85. The third-order valence-electron chi connectivity index (χ3n) is 3.75. The lowest BCUT2D eigenvalue weighted by atomic mass is 10.1. The van der Waals surface area contributed by atoms with Gasteiger partial charge in [0.15, 0.2) is 15.8 Å². The number of thiophene rings is 1. The summed E-state index contributed by atoms with van der Waals surface area (Å²) in [5, 5.41) is 5.44. The lowest BCUT2D eigenvalue weighted by Crippen LogP contribution is -2.39. The number of nitrogens with one attached hydrogen (secondary N) is 1. The first kappa shape index (κ1) is 19.5. The maximum atomic E-state index is 11.3. The minimum absolute atomic E-state index is 0.0772. The lowest BCUT2D eigenvalue weighted by Gasteiger charge is -2.22. The second kappa shape index (κ2) is 9.01. The Hall–Kier alpha value is -1.86. The fraction of sp³-hybridized carbons (Fsp3) is 0.389. The first-order valence-electron chi connectivity index (χ1n) is 8.07. The topological polar surface area (TPSA) is 61.8 Å². The molecule has 0 aliphatic carbocycles. The van der Waals surface area contributed by atoms with Gasteiger partial charge in [0, 0.05) is 38.3 Å². The maximum Gasteiger partial charge on any atom is 0.193 e. The summed E-state index contributed by atoms with van der Waals surface area (Å²) in [6.07, 6.45) is 2.24. The third-order valence-corrected chi connectivity index (χ3v) is 5.54. The number of rotatable bonds is 7. The van der Waals surface area contributed by atoms with Crippen molar-refractivity contribution in [3.63, 3.8) is 0 Å². The number of nitrogens with zero attached hydrogens (tertiary/aromatic N) is 2. The fourth-order valence-electron chi connectivity index (χ4n) is 2.46. The number of likely N-dealkylation sites (N-methyl/N-ethyl adjacent to an activating group) is 1. The molecule has 0 fully saturated rings. The van der Waals surface area contributed by atoms with E-state index in [2.05, 4.69) is 32.7 Å². The molecule has 1 aromatic carbocycles. The Bertz CT molecular complexity index is 782. The summed E-state index contributed by atoms with van der Waals surface area (Å²) in [7, 11) is 0.806. The van der Waals surface area contributed by atoms with Crippen LogP contribution in [0.4, 0.5) is 0 Å². The second-order valence-corrected chi connectivity index (χ2v) is 9.21. The standard InChI is InChI=1S/C18H25N3O2S2/c1-19-18(21(2)11-10-17-5-4-12-24-17)20-13-15-6-8-16(9-7-15)14-25(3,22)23/h4-9,12H,10-11,13-14H2,1-3H3,(H,19,20). The van der Waals surface area contributed by atoms with Gasteiger partial charge in [-0.3, -0.25) is 4.99 Å². The summed E-state index contributed by atoms with van der Waals surface area (Å²) in [5.74, 6) is 0.921. The smallest absolute Gasteiger partial charge is 0.193 e. The maximum absolute atomic E-state index is 11.3. The summed E-state index contributed by atoms with van der Waals surface area (Å²) in [4.78, 5) is 7.80. The first-order valence-corrected chi connectivity index (χ1v) is 11.0. The molecule has 0 atom stereocenters. The van der Waals surface area contributed by atoms with Gasteiger partial charge in [-0.25, -0.2) is 8.42 Å².